The Morgan fingerprint density at radius 1 is 1.38 bits per heavy atom. The predicted octanol–water partition coefficient (Wildman–Crippen LogP) is 3.37. The molecule has 0 saturated heterocycles. The number of fused-ring (bicyclic) bond motifs is 1. The second kappa shape index (κ2) is 6.76. The van der Waals surface area contributed by atoms with Crippen LogP contribution in [0.1, 0.15) is 25.0 Å². The number of methoxy groups -OCH3 is 1. The predicted molar refractivity (Wildman–Crippen MR) is 101 cm³/mol. The Balaban J connectivity index is 1.84. The minimum Gasteiger partial charge on any atom is -0.496 e. The van der Waals surface area contributed by atoms with E-state index in [9.17, 15) is 4.21 Å². The van der Waals surface area contributed by atoms with Gasteiger partial charge in [-0.15, -0.1) is 0 Å². The Hall–Kier alpha value is -2.93. The van der Waals surface area contributed by atoms with Crippen molar-refractivity contribution in [2.75, 3.05) is 7.11 Å². The third kappa shape index (κ3) is 3.01. The van der Waals surface area contributed by atoms with Gasteiger partial charge in [0.25, 0.3) is 0 Å². The van der Waals surface area contributed by atoms with Gasteiger partial charge in [0, 0.05) is 33.9 Å². The summed E-state index contributed by atoms with van der Waals surface area (Å²) in [5, 5.41) is -0.197. The van der Waals surface area contributed by atoms with E-state index in [-0.39, 0.29) is 44.6 Å². The Kier molecular flexibility index (Phi) is 2.25. The second-order valence-electron chi connectivity index (χ2n) is 5.12. The molecule has 4 aromatic rings. The molecular weight excluding hydrogens is 348 g/mol. The van der Waals surface area contributed by atoms with E-state index in [1.165, 1.54) is 19.4 Å². The zero-order valence-electron chi connectivity index (χ0n) is 23.4. The van der Waals surface area contributed by atoms with E-state index in [0.29, 0.717) is 0 Å². The Labute approximate surface area is 167 Å². The molecule has 1 unspecified atom stereocenters. The molecule has 0 bridgehead atoms. The largest absolute Gasteiger partial charge is 0.496 e. The van der Waals surface area contributed by atoms with Crippen LogP contribution in [-0.4, -0.2) is 30.8 Å². The highest BCUT2D eigenvalue weighted by Crippen LogP contribution is 2.22. The van der Waals surface area contributed by atoms with Crippen LogP contribution >= 0.6 is 0 Å². The van der Waals surface area contributed by atoms with Gasteiger partial charge in [0.2, 0.25) is 0 Å². The number of imidazole rings is 1. The Morgan fingerprint density at radius 3 is 3.00 bits per heavy atom. The highest BCUT2D eigenvalue weighted by atomic mass is 32.2. The normalized spacial score (nSPS) is 18.3. The lowest BCUT2D eigenvalue weighted by molar-refractivity contribution is 0.410. The first-order chi connectivity index (χ1) is 16.8. The average molecular weight is 377 g/mol. The summed E-state index contributed by atoms with van der Waals surface area (Å²) >= 11 is 0. The highest BCUT2D eigenvalue weighted by molar-refractivity contribution is 7.84. The van der Waals surface area contributed by atoms with Crippen molar-refractivity contribution < 1.29 is 22.7 Å². The first-order valence-corrected chi connectivity index (χ1v) is 8.67. The number of hydrogen-bond donors (Lipinski definition) is 1. The quantitative estimate of drug-likeness (QED) is 0.580. The van der Waals surface area contributed by atoms with Crippen LogP contribution in [0.25, 0.3) is 16.7 Å². The van der Waals surface area contributed by atoms with Crippen molar-refractivity contribution in [3.63, 3.8) is 0 Å². The summed E-state index contributed by atoms with van der Waals surface area (Å²) in [6.07, 6.45) is 0.141. The summed E-state index contributed by atoms with van der Waals surface area (Å²) in [4.78, 5) is 10.8. The van der Waals surface area contributed by atoms with Crippen LogP contribution < -0.4 is 4.74 Å². The van der Waals surface area contributed by atoms with E-state index < -0.39 is 60.2 Å². The number of hydrogen-bond acceptors (Lipinski definition) is 4. The average Bonchev–Trinajstić information content (AvgIpc) is 3.35. The minimum atomic E-state index is -2.60. The molecular formula is C19H18N4O2S. The van der Waals surface area contributed by atoms with E-state index in [0.717, 1.165) is 4.57 Å². The summed E-state index contributed by atoms with van der Waals surface area (Å²) in [7, 11) is -0.708. The van der Waals surface area contributed by atoms with Crippen molar-refractivity contribution in [3.8, 4) is 11.4 Å². The SMILES string of the molecule is [2H]c1c(-n2c([2H])c([2H])c([2H])c2[2H])c([2H])c2[nH]c(S(=O)Cc3nccc(OC)c3C([2H])([2H])[2H])nc2c1[2H]. The zero-order chi connectivity index (χ0) is 26.7. The van der Waals surface area contributed by atoms with Gasteiger partial charge in [0.15, 0.2) is 5.16 Å². The van der Waals surface area contributed by atoms with Crippen molar-refractivity contribution >= 4 is 21.8 Å². The molecule has 7 heteroatoms. The maximum absolute atomic E-state index is 13.1. The number of benzene rings is 1. The Morgan fingerprint density at radius 2 is 2.23 bits per heavy atom. The van der Waals surface area contributed by atoms with Crippen LogP contribution in [0.2, 0.25) is 0 Å². The lowest BCUT2D eigenvalue weighted by Gasteiger charge is -2.08. The van der Waals surface area contributed by atoms with E-state index in [1.807, 2.05) is 0 Å². The maximum atomic E-state index is 13.1. The molecule has 0 amide bonds. The number of aromatic nitrogens is 4. The van der Waals surface area contributed by atoms with Crippen molar-refractivity contribution in [2.45, 2.75) is 17.8 Å². The molecule has 1 aromatic carbocycles. The van der Waals surface area contributed by atoms with Crippen LogP contribution in [0.15, 0.2) is 60.0 Å². The molecule has 0 radical (unpaired) electrons. The van der Waals surface area contributed by atoms with Crippen molar-refractivity contribution in [3.05, 3.63) is 66.1 Å². The molecule has 26 heavy (non-hydrogen) atoms. The van der Waals surface area contributed by atoms with Crippen LogP contribution in [-0.2, 0) is 16.6 Å². The smallest absolute Gasteiger partial charge is 0.197 e. The van der Waals surface area contributed by atoms with Crippen LogP contribution in [0.5, 0.6) is 5.75 Å². The second-order valence-corrected chi connectivity index (χ2v) is 6.49. The molecule has 0 aliphatic carbocycles. The molecule has 0 fully saturated rings. The molecule has 0 spiro atoms. The third-order valence-electron chi connectivity index (χ3n) is 3.54. The van der Waals surface area contributed by atoms with Gasteiger partial charge in [-0.2, -0.15) is 0 Å². The summed E-state index contributed by atoms with van der Waals surface area (Å²) in [5.41, 5.74) is -0.840. The van der Waals surface area contributed by atoms with Gasteiger partial charge in [-0.05, 0) is 43.1 Å². The first-order valence-electron chi connectivity index (χ1n) is 12.3. The molecule has 6 nitrogen and oxygen atoms in total. The van der Waals surface area contributed by atoms with Crippen molar-refractivity contribution in [1.29, 1.82) is 0 Å². The van der Waals surface area contributed by atoms with Gasteiger partial charge in [-0.25, -0.2) is 4.98 Å². The lowest BCUT2D eigenvalue weighted by Crippen LogP contribution is -2.03. The van der Waals surface area contributed by atoms with Gasteiger partial charge in [0.05, 0.1) is 50.0 Å². The number of pyridine rings is 1. The van der Waals surface area contributed by atoms with Gasteiger partial charge in [0.1, 0.15) is 5.75 Å². The van der Waals surface area contributed by atoms with E-state index >= 15 is 0 Å². The summed E-state index contributed by atoms with van der Waals surface area (Å²) in [6.45, 7) is -2.60. The molecule has 3 aromatic heterocycles. The molecule has 132 valence electrons. The fraction of sp³-hybridized carbons (Fsp3) is 0.158. The number of rotatable bonds is 5. The van der Waals surface area contributed by atoms with E-state index in [2.05, 4.69) is 15.0 Å². The number of H-pyrrole nitrogens is 1. The lowest BCUT2D eigenvalue weighted by atomic mass is 10.2. The van der Waals surface area contributed by atoms with Crippen LogP contribution in [0.4, 0.5) is 0 Å². The number of nitrogens with zero attached hydrogens (tertiary/aromatic N) is 3. The van der Waals surface area contributed by atoms with E-state index in [4.69, 9.17) is 18.4 Å². The fourth-order valence-electron chi connectivity index (χ4n) is 2.28. The van der Waals surface area contributed by atoms with Gasteiger partial charge < -0.3 is 14.3 Å². The first kappa shape index (κ1) is 8.64. The molecule has 4 rings (SSSR count). The van der Waals surface area contributed by atoms with Gasteiger partial charge >= 0.3 is 0 Å². The minimum absolute atomic E-state index is 0.0109. The van der Waals surface area contributed by atoms with Crippen molar-refractivity contribution in [2.24, 2.45) is 0 Å². The van der Waals surface area contributed by atoms with Crippen LogP contribution in [0, 0.1) is 6.85 Å². The van der Waals surface area contributed by atoms with Gasteiger partial charge in [-0.1, -0.05) is 0 Å². The topological polar surface area (TPSA) is 72.8 Å². The zero-order valence-corrected chi connectivity index (χ0v) is 14.2. The van der Waals surface area contributed by atoms with Crippen molar-refractivity contribution in [1.82, 2.24) is 19.5 Å². The van der Waals surface area contributed by atoms with Gasteiger partial charge in [-0.3, -0.25) is 9.19 Å². The summed E-state index contributed by atoms with van der Waals surface area (Å²) < 4.78 is 99.2. The maximum Gasteiger partial charge on any atom is 0.197 e. The molecule has 1 atom stereocenters. The number of nitrogens with one attached hydrogen (secondary N) is 1. The Bertz CT molecular complexity index is 1520. The molecule has 0 saturated carbocycles. The summed E-state index contributed by atoms with van der Waals surface area (Å²) in [6, 6.07) is -1.24. The molecule has 0 aliphatic rings. The number of ether oxygens (including phenoxy) is 1. The standard InChI is InChI=1S/C19H18N4O2S/c1-13-17(20-8-7-18(13)25-2)12-26(24)19-21-15-6-5-14(11-16(15)22-19)23-9-3-4-10-23/h3-11H,12H2,1-2H3,(H,21,22)/i1D3,3D,4D,5D,6D,9D,10D,11D. The fourth-order valence-corrected chi connectivity index (χ4v) is 3.30. The molecule has 0 aliphatic heterocycles. The monoisotopic (exact) mass is 376 g/mol. The highest BCUT2D eigenvalue weighted by Gasteiger charge is 2.15. The summed E-state index contributed by atoms with van der Waals surface area (Å²) in [5.74, 6) is -0.319. The number of aromatic amines is 1. The molecule has 1 N–H and O–H groups in total. The van der Waals surface area contributed by atoms with E-state index in [1.54, 1.807) is 0 Å². The third-order valence-corrected chi connectivity index (χ3v) is 4.70. The molecule has 3 heterocycles. The van der Waals surface area contributed by atoms with Crippen LogP contribution in [0.3, 0.4) is 0 Å².